The molecule has 2 aromatic rings. The van der Waals surface area contributed by atoms with Crippen LogP contribution in [0.4, 0.5) is 5.82 Å². The second-order valence-corrected chi connectivity index (χ2v) is 6.44. The summed E-state index contributed by atoms with van der Waals surface area (Å²) in [6.45, 7) is 2.26. The largest absolute Gasteiger partial charge is 0.364 e. The maximum Gasteiger partial charge on any atom is 0.180 e. The van der Waals surface area contributed by atoms with E-state index in [-0.39, 0.29) is 0 Å². The Morgan fingerprint density at radius 1 is 1.40 bits per heavy atom. The quantitative estimate of drug-likeness (QED) is 0.906. The summed E-state index contributed by atoms with van der Waals surface area (Å²) in [5.41, 5.74) is 0.905. The number of fused-ring (bicyclic) bond motifs is 1. The van der Waals surface area contributed by atoms with Crippen LogP contribution in [0.1, 0.15) is 45.4 Å². The molecular formula is C15H21BrN4. The number of anilines is 1. The molecule has 0 amide bonds. The smallest absolute Gasteiger partial charge is 0.180 e. The Balaban J connectivity index is 1.84. The van der Waals surface area contributed by atoms with Gasteiger partial charge in [-0.1, -0.05) is 26.2 Å². The van der Waals surface area contributed by atoms with Gasteiger partial charge in [-0.2, -0.15) is 0 Å². The number of rotatable bonds is 4. The van der Waals surface area contributed by atoms with Crippen molar-refractivity contribution in [2.24, 2.45) is 5.92 Å². The first-order chi connectivity index (χ1) is 9.78. The predicted molar refractivity (Wildman–Crippen MR) is 85.0 cm³/mol. The maximum atomic E-state index is 4.58. The van der Waals surface area contributed by atoms with Gasteiger partial charge in [-0.05, 0) is 41.1 Å². The highest BCUT2D eigenvalue weighted by molar-refractivity contribution is 9.10. The van der Waals surface area contributed by atoms with Crippen LogP contribution in [0, 0.1) is 5.92 Å². The van der Waals surface area contributed by atoms with E-state index in [0.29, 0.717) is 6.04 Å². The third-order valence-corrected chi connectivity index (χ3v) is 4.71. The van der Waals surface area contributed by atoms with E-state index in [4.69, 9.17) is 0 Å². The van der Waals surface area contributed by atoms with Crippen molar-refractivity contribution in [2.75, 3.05) is 5.32 Å². The van der Waals surface area contributed by atoms with Crippen molar-refractivity contribution in [3.05, 3.63) is 23.2 Å². The summed E-state index contributed by atoms with van der Waals surface area (Å²) < 4.78 is 2.84. The molecule has 0 aromatic carbocycles. The number of nitrogens with one attached hydrogen (secondary N) is 1. The molecule has 0 bridgehead atoms. The van der Waals surface area contributed by atoms with Crippen LogP contribution in [0.2, 0.25) is 0 Å². The SMILES string of the molecule is CCC(Nc1nc(Br)cn2ccnc12)C1CCCCC1. The number of hydrogen-bond donors (Lipinski definition) is 1. The van der Waals surface area contributed by atoms with Crippen LogP contribution in [0.15, 0.2) is 23.2 Å². The van der Waals surface area contributed by atoms with Gasteiger partial charge in [0, 0.05) is 24.6 Å². The highest BCUT2D eigenvalue weighted by Gasteiger charge is 2.23. The minimum Gasteiger partial charge on any atom is -0.364 e. The van der Waals surface area contributed by atoms with E-state index >= 15 is 0 Å². The van der Waals surface area contributed by atoms with E-state index in [1.54, 1.807) is 0 Å². The topological polar surface area (TPSA) is 42.2 Å². The van der Waals surface area contributed by atoms with Gasteiger partial charge in [0.25, 0.3) is 0 Å². The summed E-state index contributed by atoms with van der Waals surface area (Å²) in [5.74, 6) is 1.66. The first kappa shape index (κ1) is 13.9. The maximum absolute atomic E-state index is 4.58. The van der Waals surface area contributed by atoms with Crippen LogP contribution < -0.4 is 5.32 Å². The van der Waals surface area contributed by atoms with Crippen LogP contribution in [-0.2, 0) is 0 Å². The summed E-state index contributed by atoms with van der Waals surface area (Å²) in [6, 6.07) is 0.498. The first-order valence-corrected chi connectivity index (χ1v) is 8.33. The molecule has 0 aliphatic heterocycles. The van der Waals surface area contributed by atoms with Crippen LogP contribution >= 0.6 is 15.9 Å². The standard InChI is InChI=1S/C15H21BrN4/c1-2-12(11-6-4-3-5-7-11)18-14-15-17-8-9-20(15)10-13(16)19-14/h8-12H,2-7H2,1H3,(H,18,19). The minimum atomic E-state index is 0.498. The summed E-state index contributed by atoms with van der Waals surface area (Å²) >= 11 is 3.48. The third kappa shape index (κ3) is 2.82. The van der Waals surface area contributed by atoms with Gasteiger partial charge >= 0.3 is 0 Å². The number of hydrogen-bond acceptors (Lipinski definition) is 3. The molecule has 0 radical (unpaired) electrons. The van der Waals surface area contributed by atoms with Gasteiger partial charge in [0.05, 0.1) is 0 Å². The molecule has 20 heavy (non-hydrogen) atoms. The Hall–Kier alpha value is -1.10. The summed E-state index contributed by atoms with van der Waals surface area (Å²) in [4.78, 5) is 8.99. The van der Waals surface area contributed by atoms with E-state index in [1.165, 1.54) is 32.1 Å². The van der Waals surface area contributed by atoms with Crippen molar-refractivity contribution in [1.82, 2.24) is 14.4 Å². The minimum absolute atomic E-state index is 0.498. The lowest BCUT2D eigenvalue weighted by atomic mass is 9.83. The molecule has 1 fully saturated rings. The summed E-state index contributed by atoms with van der Waals surface area (Å²) in [7, 11) is 0. The molecule has 0 spiro atoms. The molecule has 5 heteroatoms. The number of imidazole rings is 1. The Labute approximate surface area is 128 Å². The van der Waals surface area contributed by atoms with E-state index in [9.17, 15) is 0 Å². The highest BCUT2D eigenvalue weighted by atomic mass is 79.9. The summed E-state index contributed by atoms with van der Waals surface area (Å²) in [5, 5.41) is 3.64. The van der Waals surface area contributed by atoms with Gasteiger partial charge in [-0.15, -0.1) is 0 Å². The lowest BCUT2D eigenvalue weighted by molar-refractivity contribution is 0.312. The second kappa shape index (κ2) is 6.12. The average molecular weight is 337 g/mol. The highest BCUT2D eigenvalue weighted by Crippen LogP contribution is 2.30. The van der Waals surface area contributed by atoms with Gasteiger partial charge in [0.1, 0.15) is 4.60 Å². The lowest BCUT2D eigenvalue weighted by Gasteiger charge is -2.30. The molecule has 1 aliphatic rings. The van der Waals surface area contributed by atoms with Crippen molar-refractivity contribution >= 4 is 27.4 Å². The Kier molecular flexibility index (Phi) is 4.24. The zero-order valence-corrected chi connectivity index (χ0v) is 13.4. The Morgan fingerprint density at radius 3 is 2.95 bits per heavy atom. The van der Waals surface area contributed by atoms with Gasteiger partial charge in [0.15, 0.2) is 11.5 Å². The number of halogens is 1. The fraction of sp³-hybridized carbons (Fsp3) is 0.600. The molecule has 1 aliphatic carbocycles. The lowest BCUT2D eigenvalue weighted by Crippen LogP contribution is -2.30. The van der Waals surface area contributed by atoms with Crippen LogP contribution in [0.3, 0.4) is 0 Å². The molecule has 4 nitrogen and oxygen atoms in total. The van der Waals surface area contributed by atoms with Gasteiger partial charge in [0.2, 0.25) is 0 Å². The predicted octanol–water partition coefficient (Wildman–Crippen LogP) is 4.26. The molecule has 2 aromatic heterocycles. The van der Waals surface area contributed by atoms with Gasteiger partial charge < -0.3 is 9.72 Å². The van der Waals surface area contributed by atoms with Gasteiger partial charge in [-0.25, -0.2) is 9.97 Å². The monoisotopic (exact) mass is 336 g/mol. The molecule has 0 saturated heterocycles. The van der Waals surface area contributed by atoms with Crippen molar-refractivity contribution < 1.29 is 0 Å². The number of aromatic nitrogens is 3. The fourth-order valence-electron chi connectivity index (χ4n) is 3.26. The van der Waals surface area contributed by atoms with Crippen molar-refractivity contribution in [2.45, 2.75) is 51.5 Å². The normalized spacial score (nSPS) is 18.3. The Morgan fingerprint density at radius 2 is 2.20 bits per heavy atom. The average Bonchev–Trinajstić information content (AvgIpc) is 2.93. The van der Waals surface area contributed by atoms with Crippen LogP contribution in [-0.4, -0.2) is 20.4 Å². The number of nitrogens with zero attached hydrogens (tertiary/aromatic N) is 3. The van der Waals surface area contributed by atoms with E-state index in [2.05, 4.69) is 38.1 Å². The van der Waals surface area contributed by atoms with Crippen molar-refractivity contribution in [1.29, 1.82) is 0 Å². The van der Waals surface area contributed by atoms with Crippen molar-refractivity contribution in [3.8, 4) is 0 Å². The second-order valence-electron chi connectivity index (χ2n) is 5.63. The molecule has 3 rings (SSSR count). The third-order valence-electron chi connectivity index (χ3n) is 4.33. The van der Waals surface area contributed by atoms with Gasteiger partial charge in [-0.3, -0.25) is 0 Å². The van der Waals surface area contributed by atoms with E-state index in [0.717, 1.165) is 28.4 Å². The zero-order valence-electron chi connectivity index (χ0n) is 11.8. The van der Waals surface area contributed by atoms with Crippen molar-refractivity contribution in [3.63, 3.8) is 0 Å². The van der Waals surface area contributed by atoms with Crippen LogP contribution in [0.5, 0.6) is 0 Å². The molecule has 1 unspecified atom stereocenters. The Bertz CT molecular complexity index is 574. The molecule has 1 saturated carbocycles. The molecule has 2 heterocycles. The molecule has 1 N–H and O–H groups in total. The summed E-state index contributed by atoms with van der Waals surface area (Å²) in [6.07, 6.45) is 13.6. The van der Waals surface area contributed by atoms with E-state index < -0.39 is 0 Å². The zero-order chi connectivity index (χ0) is 13.9. The van der Waals surface area contributed by atoms with Crippen LogP contribution in [0.25, 0.3) is 5.65 Å². The van der Waals surface area contributed by atoms with E-state index in [1.807, 2.05) is 23.0 Å². The molecule has 108 valence electrons. The molecular weight excluding hydrogens is 316 g/mol. The first-order valence-electron chi connectivity index (χ1n) is 7.53. The molecule has 1 atom stereocenters. The fourth-order valence-corrected chi connectivity index (χ4v) is 3.66.